The van der Waals surface area contributed by atoms with Gasteiger partial charge < -0.3 is 11.5 Å². The maximum atomic E-state index is 5.50. The molecule has 4 N–H and O–H groups in total. The Labute approximate surface area is 81.8 Å². The van der Waals surface area contributed by atoms with Gasteiger partial charge in [-0.25, -0.2) is 0 Å². The molecule has 0 atom stereocenters. The van der Waals surface area contributed by atoms with E-state index in [2.05, 4.69) is 4.99 Å². The lowest BCUT2D eigenvalue weighted by Gasteiger charge is -1.94. The summed E-state index contributed by atoms with van der Waals surface area (Å²) in [6, 6.07) is 4.01. The van der Waals surface area contributed by atoms with Gasteiger partial charge in [0.25, 0.3) is 0 Å². The number of allylic oxidation sites excluding steroid dienone is 1. The van der Waals surface area contributed by atoms with Crippen molar-refractivity contribution in [2.45, 2.75) is 6.54 Å². The minimum absolute atomic E-state index is 0.575. The van der Waals surface area contributed by atoms with Gasteiger partial charge >= 0.3 is 0 Å². The lowest BCUT2D eigenvalue weighted by molar-refractivity contribution is 1.11. The molecule has 0 aliphatic rings. The van der Waals surface area contributed by atoms with Crippen LogP contribution in [-0.2, 0) is 6.54 Å². The third kappa shape index (κ3) is 2.40. The summed E-state index contributed by atoms with van der Waals surface area (Å²) in [7, 11) is 1.72. The van der Waals surface area contributed by atoms with Crippen molar-refractivity contribution in [1.29, 1.82) is 0 Å². The van der Waals surface area contributed by atoms with Crippen LogP contribution in [0.5, 0.6) is 0 Å². The fraction of sp³-hybridized carbons (Fsp3) is 0.222. The minimum Gasteiger partial charge on any atom is -0.404 e. The van der Waals surface area contributed by atoms with Crippen molar-refractivity contribution in [1.82, 2.24) is 0 Å². The van der Waals surface area contributed by atoms with E-state index in [0.717, 1.165) is 15.3 Å². The summed E-state index contributed by atoms with van der Waals surface area (Å²) in [6.45, 7) is 0.575. The van der Waals surface area contributed by atoms with Gasteiger partial charge in [0.1, 0.15) is 0 Å². The number of thiophene rings is 1. The second-order valence-electron chi connectivity index (χ2n) is 2.48. The SMILES string of the molecule is CN=C/C(=C\N)c1ccc(CN)s1. The van der Waals surface area contributed by atoms with Crippen LogP contribution in [0, 0.1) is 0 Å². The van der Waals surface area contributed by atoms with E-state index in [9.17, 15) is 0 Å². The molecule has 0 bridgehead atoms. The first kappa shape index (κ1) is 9.95. The fourth-order valence-electron chi connectivity index (χ4n) is 0.971. The zero-order valence-electron chi connectivity index (χ0n) is 7.53. The predicted octanol–water partition coefficient (Wildman–Crippen LogP) is 1.21. The highest BCUT2D eigenvalue weighted by Gasteiger charge is 2.01. The smallest absolute Gasteiger partial charge is 0.0375 e. The average molecular weight is 195 g/mol. The molecule has 0 aliphatic heterocycles. The fourth-order valence-corrected chi connectivity index (χ4v) is 1.85. The summed E-state index contributed by atoms with van der Waals surface area (Å²) in [5.41, 5.74) is 11.9. The molecule has 0 fully saturated rings. The van der Waals surface area contributed by atoms with E-state index < -0.39 is 0 Å². The molecule has 0 radical (unpaired) electrons. The van der Waals surface area contributed by atoms with Crippen LogP contribution in [0.15, 0.2) is 23.3 Å². The summed E-state index contributed by atoms with van der Waals surface area (Å²) in [6.07, 6.45) is 3.30. The highest BCUT2D eigenvalue weighted by molar-refractivity contribution is 7.13. The Morgan fingerprint density at radius 1 is 1.62 bits per heavy atom. The zero-order chi connectivity index (χ0) is 9.68. The molecule has 0 saturated carbocycles. The largest absolute Gasteiger partial charge is 0.404 e. The zero-order valence-corrected chi connectivity index (χ0v) is 8.34. The number of nitrogens with zero attached hydrogens (tertiary/aromatic N) is 1. The Morgan fingerprint density at radius 3 is 2.85 bits per heavy atom. The normalized spacial score (nSPS) is 12.6. The van der Waals surface area contributed by atoms with Gasteiger partial charge in [0.15, 0.2) is 0 Å². The number of rotatable bonds is 3. The third-order valence-corrected chi connectivity index (χ3v) is 2.75. The summed E-state index contributed by atoms with van der Waals surface area (Å²) in [5.74, 6) is 0. The highest BCUT2D eigenvalue weighted by Crippen LogP contribution is 2.22. The molecule has 0 unspecified atom stereocenters. The van der Waals surface area contributed by atoms with E-state index in [4.69, 9.17) is 11.5 Å². The summed E-state index contributed by atoms with van der Waals surface area (Å²) in [4.78, 5) is 6.18. The van der Waals surface area contributed by atoms with Gasteiger partial charge in [0, 0.05) is 41.3 Å². The summed E-state index contributed by atoms with van der Waals surface area (Å²) >= 11 is 1.64. The van der Waals surface area contributed by atoms with Crippen LogP contribution in [0.1, 0.15) is 9.75 Å². The van der Waals surface area contributed by atoms with Crippen LogP contribution >= 0.6 is 11.3 Å². The van der Waals surface area contributed by atoms with Gasteiger partial charge in [-0.15, -0.1) is 11.3 Å². The molecule has 1 aromatic rings. The topological polar surface area (TPSA) is 64.4 Å². The van der Waals surface area contributed by atoms with Crippen LogP contribution in [0.4, 0.5) is 0 Å². The Hall–Kier alpha value is -1.13. The lowest BCUT2D eigenvalue weighted by Crippen LogP contribution is -1.91. The second kappa shape index (κ2) is 4.79. The van der Waals surface area contributed by atoms with Gasteiger partial charge in [-0.1, -0.05) is 0 Å². The maximum Gasteiger partial charge on any atom is 0.0375 e. The van der Waals surface area contributed by atoms with E-state index in [1.54, 1.807) is 30.8 Å². The molecule has 3 nitrogen and oxygen atoms in total. The Kier molecular flexibility index (Phi) is 3.67. The van der Waals surface area contributed by atoms with Crippen LogP contribution in [0.3, 0.4) is 0 Å². The van der Waals surface area contributed by atoms with Crippen molar-refractivity contribution in [3.8, 4) is 0 Å². The van der Waals surface area contributed by atoms with Gasteiger partial charge in [0.05, 0.1) is 0 Å². The third-order valence-electron chi connectivity index (χ3n) is 1.60. The van der Waals surface area contributed by atoms with Crippen molar-refractivity contribution in [3.63, 3.8) is 0 Å². The lowest BCUT2D eigenvalue weighted by atomic mass is 10.2. The monoisotopic (exact) mass is 195 g/mol. The van der Waals surface area contributed by atoms with E-state index in [0.29, 0.717) is 6.54 Å². The first-order valence-electron chi connectivity index (χ1n) is 3.95. The molecule has 0 aromatic carbocycles. The molecule has 1 rings (SSSR count). The maximum absolute atomic E-state index is 5.50. The quantitative estimate of drug-likeness (QED) is 0.712. The van der Waals surface area contributed by atoms with Gasteiger partial charge in [0.2, 0.25) is 0 Å². The number of hydrogen-bond donors (Lipinski definition) is 2. The number of aliphatic imine (C=N–C) groups is 1. The Bertz CT molecular complexity index is 325. The minimum atomic E-state index is 0.575. The molecular weight excluding hydrogens is 182 g/mol. The molecule has 4 heteroatoms. The van der Waals surface area contributed by atoms with E-state index in [1.165, 1.54) is 0 Å². The first-order chi connectivity index (χ1) is 6.31. The molecule has 13 heavy (non-hydrogen) atoms. The molecule has 0 aliphatic carbocycles. The molecule has 1 aromatic heterocycles. The Morgan fingerprint density at radius 2 is 2.38 bits per heavy atom. The molecular formula is C9H13N3S. The Balaban J connectivity index is 2.92. The van der Waals surface area contributed by atoms with E-state index in [-0.39, 0.29) is 0 Å². The summed E-state index contributed by atoms with van der Waals surface area (Å²) in [5, 5.41) is 0. The van der Waals surface area contributed by atoms with Crippen LogP contribution in [0.2, 0.25) is 0 Å². The van der Waals surface area contributed by atoms with E-state index >= 15 is 0 Å². The van der Waals surface area contributed by atoms with Crippen molar-refractivity contribution in [3.05, 3.63) is 28.1 Å². The van der Waals surface area contributed by atoms with E-state index in [1.807, 2.05) is 12.1 Å². The number of hydrogen-bond acceptors (Lipinski definition) is 4. The molecule has 1 heterocycles. The average Bonchev–Trinajstić information content (AvgIpc) is 2.62. The predicted molar refractivity (Wildman–Crippen MR) is 58.8 cm³/mol. The van der Waals surface area contributed by atoms with Crippen molar-refractivity contribution >= 4 is 23.1 Å². The standard InChI is InChI=1S/C9H13N3S/c1-12-6-7(4-10)9-3-2-8(5-11)13-9/h2-4,6H,5,10-11H2,1H3/b7-4+,12-6?. The molecule has 0 amide bonds. The molecule has 0 saturated heterocycles. The van der Waals surface area contributed by atoms with Crippen LogP contribution in [0.25, 0.3) is 5.57 Å². The van der Waals surface area contributed by atoms with Crippen LogP contribution in [-0.4, -0.2) is 13.3 Å². The van der Waals surface area contributed by atoms with Crippen molar-refractivity contribution in [2.75, 3.05) is 7.05 Å². The molecule has 70 valence electrons. The second-order valence-corrected chi connectivity index (χ2v) is 3.65. The first-order valence-corrected chi connectivity index (χ1v) is 4.76. The highest BCUT2D eigenvalue weighted by atomic mass is 32.1. The van der Waals surface area contributed by atoms with Gasteiger partial charge in [-0.2, -0.15) is 0 Å². The number of nitrogens with two attached hydrogens (primary N) is 2. The van der Waals surface area contributed by atoms with Crippen LogP contribution < -0.4 is 11.5 Å². The van der Waals surface area contributed by atoms with Gasteiger partial charge in [-0.3, -0.25) is 4.99 Å². The summed E-state index contributed by atoms with van der Waals surface area (Å²) < 4.78 is 0. The van der Waals surface area contributed by atoms with Crippen molar-refractivity contribution < 1.29 is 0 Å². The molecule has 0 spiro atoms. The van der Waals surface area contributed by atoms with Crippen molar-refractivity contribution in [2.24, 2.45) is 16.5 Å². The van der Waals surface area contributed by atoms with Gasteiger partial charge in [-0.05, 0) is 12.1 Å².